The minimum Gasteiger partial charge on any atom is -0.444 e. The molecule has 3 aliphatic heterocycles. The molecule has 4 fully saturated rings. The Labute approximate surface area is 305 Å². The zero-order valence-corrected chi connectivity index (χ0v) is 30.3. The molecule has 3 N–H and O–H groups in total. The van der Waals surface area contributed by atoms with E-state index in [0.717, 1.165) is 61.6 Å². The smallest absolute Gasteiger partial charge is 0.410 e. The number of rotatable bonds is 7. The topological polar surface area (TPSA) is 171 Å². The molecule has 3 aliphatic carbocycles. The zero-order valence-electron chi connectivity index (χ0n) is 29.5. The lowest BCUT2D eigenvalue weighted by molar-refractivity contribution is -0.143. The van der Waals surface area contributed by atoms with Crippen LogP contribution in [-0.4, -0.2) is 83.5 Å². The van der Waals surface area contributed by atoms with Crippen LogP contribution in [0.2, 0.25) is 0 Å². The van der Waals surface area contributed by atoms with Crippen molar-refractivity contribution in [3.8, 4) is 0 Å². The molecule has 4 bridgehead atoms. The molecular formula is C38H49N5O8S. The fourth-order valence-corrected chi connectivity index (χ4v) is 9.74. The molecule has 0 radical (unpaired) electrons. The highest BCUT2D eigenvalue weighted by molar-refractivity contribution is 7.91. The summed E-state index contributed by atoms with van der Waals surface area (Å²) in [5.74, 6) is -2.76. The van der Waals surface area contributed by atoms with Gasteiger partial charge in [0.15, 0.2) is 0 Å². The van der Waals surface area contributed by atoms with Gasteiger partial charge in [-0.15, -0.1) is 6.58 Å². The van der Waals surface area contributed by atoms with Crippen LogP contribution in [0.15, 0.2) is 36.9 Å². The summed E-state index contributed by atoms with van der Waals surface area (Å²) in [5.41, 5.74) is 1.58. The minimum absolute atomic E-state index is 0.0275. The van der Waals surface area contributed by atoms with E-state index >= 15 is 0 Å². The van der Waals surface area contributed by atoms with Gasteiger partial charge in [0, 0.05) is 25.3 Å². The maximum Gasteiger partial charge on any atom is 0.410 e. The van der Waals surface area contributed by atoms with Gasteiger partial charge in [-0.2, -0.15) is 0 Å². The zero-order chi connectivity index (χ0) is 36.6. The Kier molecular flexibility index (Phi) is 10.2. The summed E-state index contributed by atoms with van der Waals surface area (Å²) in [5, 5.41) is 5.17. The predicted molar refractivity (Wildman–Crippen MR) is 191 cm³/mol. The number of carbonyl (C=O) groups excluding carboxylic acids is 5. The largest absolute Gasteiger partial charge is 0.444 e. The average Bonchev–Trinajstić information content (AvgIpc) is 3.90. The Hall–Kier alpha value is -4.20. The average molecular weight is 736 g/mol. The van der Waals surface area contributed by atoms with Crippen LogP contribution in [0.5, 0.6) is 0 Å². The maximum atomic E-state index is 14.5. The minimum atomic E-state index is -3.89. The summed E-state index contributed by atoms with van der Waals surface area (Å²) in [7, 11) is -3.89. The molecule has 14 heteroatoms. The second-order valence-corrected chi connectivity index (χ2v) is 17.3. The number of ether oxygens (including phenoxy) is 1. The first-order valence-electron chi connectivity index (χ1n) is 18.8. The van der Waals surface area contributed by atoms with E-state index in [1.165, 1.54) is 11.0 Å². The van der Waals surface area contributed by atoms with Crippen molar-refractivity contribution < 1.29 is 37.1 Å². The number of allylic oxidation sites excluding steroid dienone is 1. The van der Waals surface area contributed by atoms with Gasteiger partial charge in [-0.1, -0.05) is 55.7 Å². The van der Waals surface area contributed by atoms with Crippen molar-refractivity contribution >= 4 is 45.8 Å². The van der Waals surface area contributed by atoms with Gasteiger partial charge >= 0.3 is 6.09 Å². The Morgan fingerprint density at radius 2 is 1.81 bits per heavy atom. The Morgan fingerprint density at radius 3 is 2.54 bits per heavy atom. The summed E-state index contributed by atoms with van der Waals surface area (Å²) < 4.78 is 33.5. The summed E-state index contributed by atoms with van der Waals surface area (Å²) in [6.45, 7) is 4.44. The van der Waals surface area contributed by atoms with Crippen molar-refractivity contribution in [2.45, 2.75) is 126 Å². The second-order valence-electron chi connectivity index (χ2n) is 15.4. The van der Waals surface area contributed by atoms with Crippen molar-refractivity contribution in [2.24, 2.45) is 11.8 Å². The van der Waals surface area contributed by atoms with Gasteiger partial charge in [0.2, 0.25) is 27.7 Å². The van der Waals surface area contributed by atoms with Crippen LogP contribution in [0, 0.1) is 11.8 Å². The number of amides is 5. The van der Waals surface area contributed by atoms with E-state index in [2.05, 4.69) is 34.1 Å². The molecule has 6 aliphatic rings. The van der Waals surface area contributed by atoms with Crippen LogP contribution in [0.25, 0.3) is 6.08 Å². The van der Waals surface area contributed by atoms with Gasteiger partial charge in [0.1, 0.15) is 23.7 Å². The quantitative estimate of drug-likeness (QED) is 0.358. The van der Waals surface area contributed by atoms with Crippen LogP contribution >= 0.6 is 0 Å². The van der Waals surface area contributed by atoms with E-state index in [-0.39, 0.29) is 37.6 Å². The Morgan fingerprint density at radius 1 is 1.02 bits per heavy atom. The molecule has 0 unspecified atom stereocenters. The van der Waals surface area contributed by atoms with Crippen LogP contribution in [-0.2, 0) is 47.0 Å². The number of benzene rings is 1. The number of nitrogens with one attached hydrogen (secondary N) is 3. The van der Waals surface area contributed by atoms with E-state index in [4.69, 9.17) is 4.74 Å². The first-order chi connectivity index (χ1) is 25.0. The predicted octanol–water partition coefficient (Wildman–Crippen LogP) is 3.43. The fraction of sp³-hybridized carbons (Fsp3) is 0.605. The number of carbonyl (C=O) groups is 5. The van der Waals surface area contributed by atoms with Gasteiger partial charge in [-0.25, -0.2) is 13.2 Å². The molecule has 3 heterocycles. The normalized spacial score (nSPS) is 30.7. The third-order valence-electron chi connectivity index (χ3n) is 11.7. The summed E-state index contributed by atoms with van der Waals surface area (Å²) >= 11 is 0. The van der Waals surface area contributed by atoms with E-state index < -0.39 is 68.7 Å². The van der Waals surface area contributed by atoms with Gasteiger partial charge in [-0.05, 0) is 74.0 Å². The molecule has 0 spiro atoms. The molecule has 280 valence electrons. The summed E-state index contributed by atoms with van der Waals surface area (Å²) in [4.78, 5) is 72.1. The van der Waals surface area contributed by atoms with Crippen LogP contribution in [0.1, 0.15) is 100 Å². The van der Waals surface area contributed by atoms with Crippen molar-refractivity contribution in [1.82, 2.24) is 25.2 Å². The Bertz CT molecular complexity index is 1770. The second kappa shape index (κ2) is 14.7. The van der Waals surface area contributed by atoms with E-state index in [9.17, 15) is 32.4 Å². The summed E-state index contributed by atoms with van der Waals surface area (Å²) in [6.07, 6.45) is 12.3. The SMILES string of the molecule is C=C[C@@H]1C[C@]1(NC(=O)[C@@H]1C[C@@H]2CN1C(=O)[C@H](C1CCCC1)NC(=O)CCCCC/C=C/c1cccc3c1CN(C3)C(=O)O2)C(=O)NS(=O)(=O)C1CC1. The molecule has 52 heavy (non-hydrogen) atoms. The lowest BCUT2D eigenvalue weighted by atomic mass is 9.96. The van der Waals surface area contributed by atoms with Crippen LogP contribution in [0.4, 0.5) is 4.79 Å². The lowest BCUT2D eigenvalue weighted by Gasteiger charge is -2.32. The highest BCUT2D eigenvalue weighted by Gasteiger charge is 2.62. The van der Waals surface area contributed by atoms with Gasteiger partial charge in [0.25, 0.3) is 5.91 Å². The fourth-order valence-electron chi connectivity index (χ4n) is 8.38. The highest BCUT2D eigenvalue weighted by atomic mass is 32.2. The monoisotopic (exact) mass is 735 g/mol. The standard InChI is InChI=1S/C38H49N5O8S/c1-2-27-20-38(27,36(47)41-52(49,50)29-17-18-29)40-34(45)31-19-28-22-43(31)35(46)33(25-12-8-9-13-25)39-32(44)16-7-5-3-4-6-11-24-14-10-15-26-21-42(23-30(24)26)37(48)51-28/h2,6,10-11,14-15,25,27-29,31,33H,1,3-5,7-9,12-13,16-23H2,(H,39,44)(H,40,45)(H,41,47)/b11-6+/t27-,28-,31+,33+,38-/m1/s1. The first-order valence-corrected chi connectivity index (χ1v) is 20.4. The summed E-state index contributed by atoms with van der Waals surface area (Å²) in [6, 6.07) is 3.99. The molecule has 0 aromatic heterocycles. The van der Waals surface area contributed by atoms with Crippen molar-refractivity contribution in [3.63, 3.8) is 0 Å². The molecule has 5 atom stereocenters. The van der Waals surface area contributed by atoms with Crippen molar-refractivity contribution in [3.05, 3.63) is 53.6 Å². The molecule has 1 saturated heterocycles. The highest BCUT2D eigenvalue weighted by Crippen LogP contribution is 2.45. The molecule has 3 saturated carbocycles. The lowest BCUT2D eigenvalue weighted by Crippen LogP contribution is -2.59. The van der Waals surface area contributed by atoms with Gasteiger partial charge in [0.05, 0.1) is 18.3 Å². The first kappa shape index (κ1) is 36.2. The number of fused-ring (bicyclic) bond motifs is 3. The molecule has 5 amide bonds. The van der Waals surface area contributed by atoms with E-state index in [1.54, 1.807) is 4.90 Å². The number of hydrogen-bond acceptors (Lipinski definition) is 8. The maximum absolute atomic E-state index is 14.5. The van der Waals surface area contributed by atoms with E-state index in [1.807, 2.05) is 18.2 Å². The Balaban J connectivity index is 1.15. The molecular weight excluding hydrogens is 687 g/mol. The number of hydrogen-bond donors (Lipinski definition) is 3. The number of sulfonamides is 1. The van der Waals surface area contributed by atoms with E-state index in [0.29, 0.717) is 32.4 Å². The molecule has 1 aromatic carbocycles. The van der Waals surface area contributed by atoms with Crippen LogP contribution in [0.3, 0.4) is 0 Å². The number of nitrogens with zero attached hydrogens (tertiary/aromatic N) is 2. The van der Waals surface area contributed by atoms with Gasteiger partial charge < -0.3 is 20.3 Å². The van der Waals surface area contributed by atoms with Crippen LogP contribution < -0.4 is 15.4 Å². The third-order valence-corrected chi connectivity index (χ3v) is 13.5. The molecule has 13 nitrogen and oxygen atoms in total. The molecule has 7 rings (SSSR count). The molecule has 1 aromatic rings. The van der Waals surface area contributed by atoms with Gasteiger partial charge in [-0.3, -0.25) is 28.8 Å². The van der Waals surface area contributed by atoms with Crippen molar-refractivity contribution in [1.29, 1.82) is 0 Å². The third kappa shape index (κ3) is 7.49. The van der Waals surface area contributed by atoms with Crippen molar-refractivity contribution in [2.75, 3.05) is 6.54 Å².